The molecule has 2 heterocycles. The van der Waals surface area contributed by atoms with Gasteiger partial charge in [-0.3, -0.25) is 14.3 Å². The van der Waals surface area contributed by atoms with Crippen molar-refractivity contribution in [3.63, 3.8) is 0 Å². The predicted molar refractivity (Wildman–Crippen MR) is 70.4 cm³/mol. The van der Waals surface area contributed by atoms with Crippen molar-refractivity contribution in [1.82, 2.24) is 14.7 Å². The van der Waals surface area contributed by atoms with Gasteiger partial charge in [-0.25, -0.2) is 0 Å². The zero-order valence-electron chi connectivity index (χ0n) is 11.2. The molecule has 0 radical (unpaired) electrons. The first-order valence-electron chi connectivity index (χ1n) is 6.30. The summed E-state index contributed by atoms with van der Waals surface area (Å²) in [7, 11) is 1.80. The van der Waals surface area contributed by atoms with Gasteiger partial charge < -0.3 is 15.5 Å². The third-order valence-corrected chi connectivity index (χ3v) is 3.31. The third-order valence-electron chi connectivity index (χ3n) is 3.31. The molecule has 1 fully saturated rings. The van der Waals surface area contributed by atoms with Crippen LogP contribution in [0.5, 0.6) is 0 Å². The first kappa shape index (κ1) is 13.5. The molecular weight excluding hydrogens is 246 g/mol. The van der Waals surface area contributed by atoms with Crippen LogP contribution in [0, 0.1) is 5.92 Å². The zero-order valence-corrected chi connectivity index (χ0v) is 11.2. The van der Waals surface area contributed by atoms with E-state index in [0.717, 1.165) is 5.69 Å². The number of aromatic nitrogens is 2. The summed E-state index contributed by atoms with van der Waals surface area (Å²) in [6.07, 6.45) is 3.44. The summed E-state index contributed by atoms with van der Waals surface area (Å²) in [5.74, 6) is -0.378. The molecule has 0 bridgehead atoms. The summed E-state index contributed by atoms with van der Waals surface area (Å²) in [5, 5.41) is 4.05. The topological polar surface area (TPSA) is 84.5 Å². The van der Waals surface area contributed by atoms with Crippen molar-refractivity contribution >= 4 is 17.5 Å². The third kappa shape index (κ3) is 2.76. The Bertz CT molecular complexity index is 484. The largest absolute Gasteiger partial charge is 0.331 e. The Kier molecular flexibility index (Phi) is 3.84. The lowest BCUT2D eigenvalue weighted by atomic mass is 10.1. The molecule has 0 aliphatic carbocycles. The molecule has 0 saturated carbocycles. The maximum absolute atomic E-state index is 12.1. The number of nitrogens with zero attached hydrogens (tertiary/aromatic N) is 4. The quantitative estimate of drug-likeness (QED) is 0.774. The number of nitrogens with two attached hydrogens (primary N) is 1. The van der Waals surface area contributed by atoms with E-state index in [9.17, 15) is 9.59 Å². The Morgan fingerprint density at radius 2 is 2.26 bits per heavy atom. The molecule has 7 heteroatoms. The molecule has 1 aliphatic heterocycles. The van der Waals surface area contributed by atoms with Crippen molar-refractivity contribution in [3.05, 3.63) is 12.4 Å². The van der Waals surface area contributed by atoms with Crippen LogP contribution in [0.15, 0.2) is 12.4 Å². The number of hydrogen-bond acceptors (Lipinski definition) is 4. The minimum Gasteiger partial charge on any atom is -0.331 e. The van der Waals surface area contributed by atoms with Gasteiger partial charge in [-0.15, -0.1) is 0 Å². The smallest absolute Gasteiger partial charge is 0.246 e. The average Bonchev–Trinajstić information content (AvgIpc) is 2.83. The summed E-state index contributed by atoms with van der Waals surface area (Å²) >= 11 is 0. The molecule has 2 N–H and O–H groups in total. The number of piperazine rings is 1. The van der Waals surface area contributed by atoms with Crippen LogP contribution in [0.3, 0.4) is 0 Å². The van der Waals surface area contributed by atoms with E-state index in [1.54, 1.807) is 40.8 Å². The van der Waals surface area contributed by atoms with E-state index < -0.39 is 0 Å². The van der Waals surface area contributed by atoms with Crippen LogP contribution in [0.4, 0.5) is 5.69 Å². The Balaban J connectivity index is 2.02. The average molecular weight is 265 g/mol. The number of rotatable bonds is 3. The summed E-state index contributed by atoms with van der Waals surface area (Å²) in [4.78, 5) is 27.3. The van der Waals surface area contributed by atoms with E-state index in [1.807, 2.05) is 0 Å². The van der Waals surface area contributed by atoms with Crippen LogP contribution in [0.2, 0.25) is 0 Å². The first-order chi connectivity index (χ1) is 9.02. The lowest BCUT2D eigenvalue weighted by Gasteiger charge is -2.34. The van der Waals surface area contributed by atoms with E-state index in [1.165, 1.54) is 0 Å². The van der Waals surface area contributed by atoms with Gasteiger partial charge in [0.25, 0.3) is 0 Å². The summed E-state index contributed by atoms with van der Waals surface area (Å²) in [6.45, 7) is 3.21. The van der Waals surface area contributed by atoms with Crippen molar-refractivity contribution < 1.29 is 9.59 Å². The van der Waals surface area contributed by atoms with Crippen molar-refractivity contribution in [1.29, 1.82) is 0 Å². The van der Waals surface area contributed by atoms with E-state index in [0.29, 0.717) is 19.6 Å². The van der Waals surface area contributed by atoms with Crippen LogP contribution in [0.1, 0.15) is 6.92 Å². The minimum atomic E-state index is -0.238. The zero-order chi connectivity index (χ0) is 14.0. The van der Waals surface area contributed by atoms with E-state index >= 15 is 0 Å². The summed E-state index contributed by atoms with van der Waals surface area (Å²) in [6, 6.07) is 0. The first-order valence-corrected chi connectivity index (χ1v) is 6.30. The maximum Gasteiger partial charge on any atom is 0.246 e. The SMILES string of the molecule is CC(CN)C(=O)N1CCN(c2cnn(C)c2)C(=O)C1. The van der Waals surface area contributed by atoms with Crippen LogP contribution >= 0.6 is 0 Å². The number of carbonyl (C=O) groups excluding carboxylic acids is 2. The molecule has 2 amide bonds. The van der Waals surface area contributed by atoms with Gasteiger partial charge in [-0.05, 0) is 0 Å². The van der Waals surface area contributed by atoms with Gasteiger partial charge >= 0.3 is 0 Å². The fourth-order valence-corrected chi connectivity index (χ4v) is 2.09. The van der Waals surface area contributed by atoms with Gasteiger partial charge in [0.1, 0.15) is 6.54 Å². The van der Waals surface area contributed by atoms with Crippen LogP contribution in [-0.2, 0) is 16.6 Å². The van der Waals surface area contributed by atoms with Crippen molar-refractivity contribution in [2.24, 2.45) is 18.7 Å². The molecule has 1 atom stereocenters. The second-order valence-corrected chi connectivity index (χ2v) is 4.81. The molecule has 19 heavy (non-hydrogen) atoms. The number of carbonyl (C=O) groups is 2. The van der Waals surface area contributed by atoms with Gasteiger partial charge in [0.05, 0.1) is 11.9 Å². The highest BCUT2D eigenvalue weighted by Gasteiger charge is 2.30. The lowest BCUT2D eigenvalue weighted by molar-refractivity contribution is -0.139. The Morgan fingerprint density at radius 1 is 1.53 bits per heavy atom. The van der Waals surface area contributed by atoms with Gasteiger partial charge in [0.15, 0.2) is 0 Å². The molecule has 0 aromatic carbocycles. The highest BCUT2D eigenvalue weighted by atomic mass is 16.2. The Labute approximate surface area is 111 Å². The maximum atomic E-state index is 12.1. The molecule has 1 unspecified atom stereocenters. The van der Waals surface area contributed by atoms with Crippen molar-refractivity contribution in [3.8, 4) is 0 Å². The highest BCUT2D eigenvalue weighted by Crippen LogP contribution is 2.16. The second kappa shape index (κ2) is 5.40. The van der Waals surface area contributed by atoms with Gasteiger partial charge in [-0.2, -0.15) is 5.10 Å². The number of anilines is 1. The monoisotopic (exact) mass is 265 g/mol. The fraction of sp³-hybridized carbons (Fsp3) is 0.583. The number of amides is 2. The van der Waals surface area contributed by atoms with Crippen LogP contribution in [-0.4, -0.2) is 52.7 Å². The predicted octanol–water partition coefficient (Wildman–Crippen LogP) is -0.810. The summed E-state index contributed by atoms with van der Waals surface area (Å²) in [5.41, 5.74) is 6.25. The highest BCUT2D eigenvalue weighted by molar-refractivity contribution is 5.97. The van der Waals surface area contributed by atoms with Gasteiger partial charge in [-0.1, -0.05) is 6.92 Å². The van der Waals surface area contributed by atoms with E-state index in [4.69, 9.17) is 5.73 Å². The molecule has 104 valence electrons. The molecular formula is C12H19N5O2. The Morgan fingerprint density at radius 3 is 2.79 bits per heavy atom. The standard InChI is InChI=1S/C12H19N5O2/c1-9(5-13)12(19)16-3-4-17(11(18)8-16)10-6-14-15(2)7-10/h6-7,9H,3-5,8,13H2,1-2H3. The van der Waals surface area contributed by atoms with Crippen LogP contribution in [0.25, 0.3) is 0 Å². The molecule has 1 aromatic heterocycles. The van der Waals surface area contributed by atoms with E-state index in [2.05, 4.69) is 5.10 Å². The second-order valence-electron chi connectivity index (χ2n) is 4.81. The molecule has 1 saturated heterocycles. The van der Waals surface area contributed by atoms with Gasteiger partial charge in [0.2, 0.25) is 11.8 Å². The molecule has 2 rings (SSSR count). The molecule has 1 aromatic rings. The van der Waals surface area contributed by atoms with Crippen molar-refractivity contribution in [2.45, 2.75) is 6.92 Å². The molecule has 1 aliphatic rings. The normalized spacial score (nSPS) is 17.7. The van der Waals surface area contributed by atoms with Crippen LogP contribution < -0.4 is 10.6 Å². The molecule has 0 spiro atoms. The fourth-order valence-electron chi connectivity index (χ4n) is 2.09. The molecule has 7 nitrogen and oxygen atoms in total. The van der Waals surface area contributed by atoms with E-state index in [-0.39, 0.29) is 24.3 Å². The lowest BCUT2D eigenvalue weighted by Crippen LogP contribution is -2.54. The van der Waals surface area contributed by atoms with Gasteiger partial charge in [0, 0.05) is 38.8 Å². The number of aryl methyl sites for hydroxylation is 1. The minimum absolute atomic E-state index is 0.0540. The Hall–Kier alpha value is -1.89. The number of hydrogen-bond donors (Lipinski definition) is 1. The van der Waals surface area contributed by atoms with Crippen molar-refractivity contribution in [2.75, 3.05) is 31.1 Å². The summed E-state index contributed by atoms with van der Waals surface area (Å²) < 4.78 is 1.65.